The number of nitrogens with zero attached hydrogens (tertiary/aromatic N) is 4. The fourth-order valence-electron chi connectivity index (χ4n) is 6.97. The topological polar surface area (TPSA) is 103 Å². The number of esters is 1. The molecule has 1 saturated carbocycles. The van der Waals surface area contributed by atoms with Crippen LogP contribution < -0.4 is 4.74 Å². The molecule has 2 aromatic heterocycles. The molecule has 5 rings (SSSR count). The average Bonchev–Trinajstić information content (AvgIpc) is 3.63. The lowest BCUT2D eigenvalue weighted by molar-refractivity contribution is -0.157. The van der Waals surface area contributed by atoms with Gasteiger partial charge >= 0.3 is 5.97 Å². The Balaban J connectivity index is 1.50. The fraction of sp³-hybridized carbons (Fsp3) is 0.710. The summed E-state index contributed by atoms with van der Waals surface area (Å²) in [6.07, 6.45) is 12.7. The number of aldehydes is 1. The van der Waals surface area contributed by atoms with Gasteiger partial charge in [-0.05, 0) is 56.3 Å². The number of carbonyl (C=O) groups is 3. The van der Waals surface area contributed by atoms with Crippen molar-refractivity contribution in [3.05, 3.63) is 24.2 Å². The highest BCUT2D eigenvalue weighted by Gasteiger charge is 2.48. The Morgan fingerprint density at radius 1 is 1.05 bits per heavy atom. The van der Waals surface area contributed by atoms with Gasteiger partial charge < -0.3 is 19.2 Å². The Morgan fingerprint density at radius 2 is 1.85 bits per heavy atom. The van der Waals surface area contributed by atoms with E-state index in [4.69, 9.17) is 14.5 Å². The molecule has 218 valence electrons. The van der Waals surface area contributed by atoms with Crippen LogP contribution in [-0.2, 0) is 25.5 Å². The zero-order valence-electron chi connectivity index (χ0n) is 24.4. The molecule has 1 aliphatic carbocycles. The van der Waals surface area contributed by atoms with E-state index in [9.17, 15) is 14.4 Å². The summed E-state index contributed by atoms with van der Waals surface area (Å²) in [5, 5.41) is 4.35. The summed E-state index contributed by atoms with van der Waals surface area (Å²) in [7, 11) is 0. The molecule has 3 aliphatic rings. The van der Waals surface area contributed by atoms with Crippen molar-refractivity contribution in [3.8, 4) is 5.75 Å². The minimum Gasteiger partial charge on any atom is -0.485 e. The summed E-state index contributed by atoms with van der Waals surface area (Å²) in [5.74, 6) is -0.235. The van der Waals surface area contributed by atoms with Gasteiger partial charge in [0.2, 0.25) is 5.91 Å². The summed E-state index contributed by atoms with van der Waals surface area (Å²) >= 11 is 0. The Bertz CT molecular complexity index is 1220. The molecule has 40 heavy (non-hydrogen) atoms. The Hall–Kier alpha value is -2.97. The Morgan fingerprint density at radius 3 is 2.60 bits per heavy atom. The van der Waals surface area contributed by atoms with E-state index in [1.54, 1.807) is 15.6 Å². The predicted molar refractivity (Wildman–Crippen MR) is 150 cm³/mol. The summed E-state index contributed by atoms with van der Waals surface area (Å²) in [4.78, 5) is 46.3. The molecule has 2 aliphatic heterocycles. The number of hydrogen-bond donors (Lipinski definition) is 0. The molecule has 0 N–H and O–H groups in total. The molecule has 2 bridgehead atoms. The number of hydrogen-bond acceptors (Lipinski definition) is 7. The van der Waals surface area contributed by atoms with Crippen molar-refractivity contribution in [1.82, 2.24) is 19.5 Å². The standard InChI is InChI=1S/C31H44N4O5/c1-5-21-24(19-36)34-17-26(21)39-27-18-35-28(14-15-32-35)33-23(27)12-8-6-7-10-20-11-9-13-25(20)40-29(37)16-22(30(34)38)31(2,3)4/h14-15,18-22,24-26H,5-13,16-17H2,1-4H3/t20-,21+,22-,24-,25-,26+/m1/s1. The van der Waals surface area contributed by atoms with Gasteiger partial charge in [0.1, 0.15) is 18.5 Å². The number of fused-ring (bicyclic) bond motifs is 5. The molecular weight excluding hydrogens is 508 g/mol. The van der Waals surface area contributed by atoms with Crippen molar-refractivity contribution < 1.29 is 23.9 Å². The van der Waals surface area contributed by atoms with Crippen LogP contribution in [0.1, 0.15) is 91.2 Å². The van der Waals surface area contributed by atoms with Crippen LogP contribution in [0.3, 0.4) is 0 Å². The van der Waals surface area contributed by atoms with Crippen LogP contribution in [0, 0.1) is 23.2 Å². The van der Waals surface area contributed by atoms with Crippen molar-refractivity contribution in [2.45, 2.75) is 110 Å². The molecule has 0 radical (unpaired) electrons. The van der Waals surface area contributed by atoms with Crippen molar-refractivity contribution in [1.29, 1.82) is 0 Å². The van der Waals surface area contributed by atoms with E-state index in [0.29, 0.717) is 18.1 Å². The van der Waals surface area contributed by atoms with Gasteiger partial charge in [-0.3, -0.25) is 9.59 Å². The Kier molecular flexibility index (Phi) is 8.47. The number of carbonyl (C=O) groups excluding carboxylic acids is 3. The van der Waals surface area contributed by atoms with Gasteiger partial charge in [-0.2, -0.15) is 5.10 Å². The predicted octanol–water partition coefficient (Wildman–Crippen LogP) is 4.79. The van der Waals surface area contributed by atoms with Gasteiger partial charge in [0.15, 0.2) is 11.4 Å². The maximum Gasteiger partial charge on any atom is 0.306 e. The van der Waals surface area contributed by atoms with Crippen LogP contribution in [0.5, 0.6) is 5.75 Å². The van der Waals surface area contributed by atoms with Gasteiger partial charge in [-0.15, -0.1) is 0 Å². The smallest absolute Gasteiger partial charge is 0.306 e. The van der Waals surface area contributed by atoms with E-state index in [1.165, 1.54) is 0 Å². The lowest BCUT2D eigenvalue weighted by atomic mass is 9.77. The van der Waals surface area contributed by atoms with Crippen LogP contribution in [0.15, 0.2) is 18.5 Å². The molecule has 2 fully saturated rings. The Labute approximate surface area is 237 Å². The third-order valence-corrected chi connectivity index (χ3v) is 9.32. The zero-order chi connectivity index (χ0) is 28.4. The van der Waals surface area contributed by atoms with Crippen LogP contribution in [-0.4, -0.2) is 62.5 Å². The number of amides is 1. The molecule has 1 amide bonds. The second-order valence-corrected chi connectivity index (χ2v) is 13.0. The van der Waals surface area contributed by atoms with Crippen LogP contribution in [0.2, 0.25) is 0 Å². The van der Waals surface area contributed by atoms with Crippen molar-refractivity contribution in [3.63, 3.8) is 0 Å². The maximum atomic E-state index is 14.1. The second-order valence-electron chi connectivity index (χ2n) is 13.0. The SMILES string of the molecule is CC[C@@H]1[C@@H]2CN(C(=O)[C@H](C(C)(C)C)CC(=O)O[C@@H]3CCC[C@H]3CCCCCc3nc4ccnn4cc3O2)[C@@H]1C=O. The third-order valence-electron chi connectivity index (χ3n) is 9.32. The number of aromatic nitrogens is 3. The van der Waals surface area contributed by atoms with Crippen molar-refractivity contribution in [2.24, 2.45) is 23.2 Å². The van der Waals surface area contributed by atoms with Crippen molar-refractivity contribution >= 4 is 23.8 Å². The monoisotopic (exact) mass is 552 g/mol. The number of ether oxygens (including phenoxy) is 2. The summed E-state index contributed by atoms with van der Waals surface area (Å²) in [5.41, 5.74) is 1.17. The lowest BCUT2D eigenvalue weighted by Gasteiger charge is -2.34. The van der Waals surface area contributed by atoms with E-state index < -0.39 is 17.4 Å². The fourth-order valence-corrected chi connectivity index (χ4v) is 6.97. The van der Waals surface area contributed by atoms with Gasteiger partial charge in [-0.25, -0.2) is 9.50 Å². The highest BCUT2D eigenvalue weighted by molar-refractivity contribution is 5.87. The van der Waals surface area contributed by atoms with Gasteiger partial charge in [0.05, 0.1) is 43.0 Å². The third kappa shape index (κ3) is 5.88. The largest absolute Gasteiger partial charge is 0.485 e. The number of aryl methyl sites for hydroxylation is 1. The molecule has 0 aromatic carbocycles. The first-order valence-electron chi connectivity index (χ1n) is 15.1. The molecule has 4 heterocycles. The minimum absolute atomic E-state index is 0.0139. The molecule has 2 aromatic rings. The van der Waals surface area contributed by atoms with Crippen molar-refractivity contribution in [2.75, 3.05) is 6.54 Å². The molecule has 9 heteroatoms. The zero-order valence-corrected chi connectivity index (χ0v) is 24.4. The molecule has 9 nitrogen and oxygen atoms in total. The van der Waals surface area contributed by atoms with Gasteiger partial charge in [0.25, 0.3) is 0 Å². The molecule has 1 saturated heterocycles. The molecule has 0 spiro atoms. The van der Waals surface area contributed by atoms with E-state index in [2.05, 4.69) is 5.10 Å². The summed E-state index contributed by atoms with van der Waals surface area (Å²) in [6, 6.07) is 1.27. The normalized spacial score (nSPS) is 30.6. The first kappa shape index (κ1) is 28.6. The van der Waals surface area contributed by atoms with E-state index in [1.807, 2.05) is 40.0 Å². The van der Waals surface area contributed by atoms with Gasteiger partial charge in [0, 0.05) is 12.0 Å². The quantitative estimate of drug-likeness (QED) is 0.390. The lowest BCUT2D eigenvalue weighted by Crippen LogP contribution is -2.46. The average molecular weight is 553 g/mol. The highest BCUT2D eigenvalue weighted by atomic mass is 16.5. The van der Waals surface area contributed by atoms with Gasteiger partial charge in [-0.1, -0.05) is 40.5 Å². The van der Waals surface area contributed by atoms with E-state index in [-0.39, 0.29) is 43.0 Å². The van der Waals surface area contributed by atoms with E-state index >= 15 is 0 Å². The van der Waals surface area contributed by atoms with Crippen LogP contribution >= 0.6 is 0 Å². The maximum absolute atomic E-state index is 14.1. The molecular formula is C31H44N4O5. The van der Waals surface area contributed by atoms with Crippen LogP contribution in [0.25, 0.3) is 5.65 Å². The first-order valence-corrected chi connectivity index (χ1v) is 15.1. The molecule has 0 unspecified atom stereocenters. The summed E-state index contributed by atoms with van der Waals surface area (Å²) < 4.78 is 14.4. The molecule has 6 atom stereocenters. The van der Waals surface area contributed by atoms with E-state index in [0.717, 1.165) is 69.0 Å². The van der Waals surface area contributed by atoms with Crippen LogP contribution in [0.4, 0.5) is 0 Å². The first-order chi connectivity index (χ1) is 19.2. The summed E-state index contributed by atoms with van der Waals surface area (Å²) in [6.45, 7) is 8.22. The highest BCUT2D eigenvalue weighted by Crippen LogP contribution is 2.38. The minimum atomic E-state index is -0.616. The second kappa shape index (κ2) is 11.9. The number of rotatable bonds is 2.